The number of ether oxygens (including phenoxy) is 1. The third kappa shape index (κ3) is 2.43. The van der Waals surface area contributed by atoms with Gasteiger partial charge in [0.2, 0.25) is 0 Å². The number of hydrogen-bond donors (Lipinski definition) is 1. The lowest BCUT2D eigenvalue weighted by atomic mass is 9.86. The number of nitrogens with zero attached hydrogens (tertiary/aromatic N) is 3. The molecule has 0 saturated heterocycles. The maximum Gasteiger partial charge on any atom is 0.343 e. The number of aromatic nitrogens is 2. The van der Waals surface area contributed by atoms with Gasteiger partial charge in [0.1, 0.15) is 6.61 Å². The molecule has 0 aliphatic carbocycles. The highest BCUT2D eigenvalue weighted by atomic mass is 16.6. The summed E-state index contributed by atoms with van der Waals surface area (Å²) in [5.41, 5.74) is 1.23. The van der Waals surface area contributed by atoms with Crippen LogP contribution in [-0.2, 0) is 34.7 Å². The van der Waals surface area contributed by atoms with Crippen molar-refractivity contribution < 1.29 is 19.6 Å². The first-order valence-corrected chi connectivity index (χ1v) is 10.1. The molecule has 2 aromatic heterocycles. The summed E-state index contributed by atoms with van der Waals surface area (Å²) in [6, 6.07) is 6.38. The standard InChI is InChI=1S/C22H19N3O6/c1-3-11-12-9-24-17(19(12)23-15-6-5-7-16(18(11)15)25(29)30)8-14-13(20(24)26)10-31-21(27)22(14,28)4-2/h5-8,28H,3-4,9-10H2,1-2H3/t22-/m0/s1. The second kappa shape index (κ2) is 6.45. The molecule has 0 amide bonds. The molecular formula is C22H19N3O6. The van der Waals surface area contributed by atoms with Gasteiger partial charge < -0.3 is 14.4 Å². The lowest BCUT2D eigenvalue weighted by Gasteiger charge is -2.31. The highest BCUT2D eigenvalue weighted by Gasteiger charge is 2.45. The number of pyridine rings is 2. The van der Waals surface area contributed by atoms with Crippen molar-refractivity contribution in [3.8, 4) is 11.4 Å². The molecule has 1 aromatic carbocycles. The smallest absolute Gasteiger partial charge is 0.343 e. The van der Waals surface area contributed by atoms with Crippen molar-refractivity contribution in [3.63, 3.8) is 0 Å². The largest absolute Gasteiger partial charge is 0.458 e. The van der Waals surface area contributed by atoms with Crippen molar-refractivity contribution in [1.82, 2.24) is 9.55 Å². The molecule has 2 aliphatic rings. The Balaban J connectivity index is 1.85. The number of cyclic esters (lactones) is 1. The van der Waals surface area contributed by atoms with E-state index in [0.29, 0.717) is 28.7 Å². The first-order valence-electron chi connectivity index (χ1n) is 10.1. The Morgan fingerprint density at radius 3 is 2.74 bits per heavy atom. The zero-order chi connectivity index (χ0) is 22.1. The molecule has 0 spiro atoms. The van der Waals surface area contributed by atoms with Gasteiger partial charge in [-0.15, -0.1) is 0 Å². The van der Waals surface area contributed by atoms with E-state index in [1.807, 2.05) is 6.92 Å². The van der Waals surface area contributed by atoms with Crippen molar-refractivity contribution in [1.29, 1.82) is 0 Å². The Bertz CT molecular complexity index is 1380. The maximum atomic E-state index is 13.3. The van der Waals surface area contributed by atoms with Gasteiger partial charge >= 0.3 is 5.97 Å². The van der Waals surface area contributed by atoms with Crippen molar-refractivity contribution in [2.24, 2.45) is 0 Å². The van der Waals surface area contributed by atoms with Crippen LogP contribution in [0.25, 0.3) is 22.3 Å². The number of esters is 1. The zero-order valence-corrected chi connectivity index (χ0v) is 17.0. The number of benzene rings is 1. The van der Waals surface area contributed by atoms with Crippen LogP contribution in [-0.4, -0.2) is 25.6 Å². The average molecular weight is 421 g/mol. The molecule has 0 radical (unpaired) electrons. The zero-order valence-electron chi connectivity index (χ0n) is 17.0. The summed E-state index contributed by atoms with van der Waals surface area (Å²) < 4.78 is 6.62. The Morgan fingerprint density at radius 2 is 2.06 bits per heavy atom. The molecule has 2 aliphatic heterocycles. The number of aryl methyl sites for hydroxylation is 1. The predicted molar refractivity (Wildman–Crippen MR) is 111 cm³/mol. The van der Waals surface area contributed by atoms with Gasteiger partial charge in [-0.3, -0.25) is 14.9 Å². The van der Waals surface area contributed by atoms with Crippen LogP contribution in [0.4, 0.5) is 5.69 Å². The molecule has 9 heteroatoms. The minimum Gasteiger partial charge on any atom is -0.458 e. The van der Waals surface area contributed by atoms with Crippen LogP contribution in [0.5, 0.6) is 0 Å². The van der Waals surface area contributed by atoms with Gasteiger partial charge in [-0.05, 0) is 30.5 Å². The molecule has 3 aromatic rings. The number of nitro benzene ring substituents is 1. The number of rotatable bonds is 3. The quantitative estimate of drug-likeness (QED) is 0.306. The number of nitro groups is 1. The third-order valence-corrected chi connectivity index (χ3v) is 6.36. The number of non-ortho nitro benzene ring substituents is 1. The van der Waals surface area contributed by atoms with Crippen LogP contribution in [0.1, 0.15) is 42.5 Å². The van der Waals surface area contributed by atoms with Gasteiger partial charge in [0.05, 0.1) is 39.3 Å². The SMILES string of the molecule is CCc1c2c(nc3cccc([N+](=O)[O-])c13)-c1cc3c(c(=O)n1C2)COC(=O)[C@]3(O)CC. The van der Waals surface area contributed by atoms with E-state index in [1.165, 1.54) is 10.6 Å². The molecule has 0 unspecified atom stereocenters. The van der Waals surface area contributed by atoms with Crippen molar-refractivity contribution in [2.45, 2.75) is 45.4 Å². The van der Waals surface area contributed by atoms with E-state index < -0.39 is 16.5 Å². The van der Waals surface area contributed by atoms with E-state index in [2.05, 4.69) is 4.98 Å². The van der Waals surface area contributed by atoms with Gasteiger partial charge in [-0.2, -0.15) is 0 Å². The molecule has 1 atom stereocenters. The summed E-state index contributed by atoms with van der Waals surface area (Å²) in [6.07, 6.45) is 0.585. The lowest BCUT2D eigenvalue weighted by Crippen LogP contribution is -2.44. The van der Waals surface area contributed by atoms with Gasteiger partial charge in [-0.1, -0.05) is 19.9 Å². The minimum absolute atomic E-state index is 0.0217. The molecule has 4 heterocycles. The highest BCUT2D eigenvalue weighted by molar-refractivity contribution is 5.95. The van der Waals surface area contributed by atoms with E-state index in [9.17, 15) is 24.8 Å². The first-order chi connectivity index (χ1) is 14.8. The van der Waals surface area contributed by atoms with E-state index in [0.717, 1.165) is 11.1 Å². The highest BCUT2D eigenvalue weighted by Crippen LogP contribution is 2.41. The fourth-order valence-electron chi connectivity index (χ4n) is 4.75. The number of fused-ring (bicyclic) bond motifs is 5. The molecule has 0 fully saturated rings. The summed E-state index contributed by atoms with van der Waals surface area (Å²) in [5.74, 6) is -0.776. The first kappa shape index (κ1) is 19.4. The molecule has 9 nitrogen and oxygen atoms in total. The number of carbonyl (C=O) groups is 1. The molecule has 1 N–H and O–H groups in total. The average Bonchev–Trinajstić information content (AvgIpc) is 3.13. The summed E-state index contributed by atoms with van der Waals surface area (Å²) in [7, 11) is 0. The molecule has 0 bridgehead atoms. The number of aliphatic hydroxyl groups is 1. The Labute approximate surface area is 176 Å². The number of carbonyl (C=O) groups excluding carboxylic acids is 1. The normalized spacial score (nSPS) is 19.0. The third-order valence-electron chi connectivity index (χ3n) is 6.36. The minimum atomic E-state index is -1.89. The second-order valence-corrected chi connectivity index (χ2v) is 7.80. The Morgan fingerprint density at radius 1 is 1.29 bits per heavy atom. The van der Waals surface area contributed by atoms with E-state index >= 15 is 0 Å². The second-order valence-electron chi connectivity index (χ2n) is 7.80. The molecule has 31 heavy (non-hydrogen) atoms. The van der Waals surface area contributed by atoms with Crippen molar-refractivity contribution in [3.05, 3.63) is 67.0 Å². The van der Waals surface area contributed by atoms with Gasteiger partial charge in [-0.25, -0.2) is 9.78 Å². The Hall–Kier alpha value is -3.59. The Kier molecular flexibility index (Phi) is 4.03. The summed E-state index contributed by atoms with van der Waals surface area (Å²) in [5, 5.41) is 23.0. The summed E-state index contributed by atoms with van der Waals surface area (Å²) in [6.45, 7) is 3.57. The number of hydrogen-bond acceptors (Lipinski definition) is 7. The molecule has 0 saturated carbocycles. The molecular weight excluding hydrogens is 402 g/mol. The van der Waals surface area contributed by atoms with Crippen LogP contribution >= 0.6 is 0 Å². The predicted octanol–water partition coefficient (Wildman–Crippen LogP) is 2.55. The van der Waals surface area contributed by atoms with Crippen LogP contribution in [0.3, 0.4) is 0 Å². The van der Waals surface area contributed by atoms with E-state index in [1.54, 1.807) is 25.1 Å². The van der Waals surface area contributed by atoms with Crippen LogP contribution in [0, 0.1) is 10.1 Å². The van der Waals surface area contributed by atoms with Crippen molar-refractivity contribution in [2.75, 3.05) is 0 Å². The fourth-order valence-corrected chi connectivity index (χ4v) is 4.75. The lowest BCUT2D eigenvalue weighted by molar-refractivity contribution is -0.383. The molecule has 5 rings (SSSR count). The fraction of sp³-hybridized carbons (Fsp3) is 0.318. The topological polar surface area (TPSA) is 125 Å². The van der Waals surface area contributed by atoms with Crippen molar-refractivity contribution >= 4 is 22.6 Å². The van der Waals surface area contributed by atoms with E-state index in [4.69, 9.17) is 4.74 Å². The van der Waals surface area contributed by atoms with Crippen LogP contribution in [0.15, 0.2) is 29.1 Å². The summed E-state index contributed by atoms with van der Waals surface area (Å²) >= 11 is 0. The van der Waals surface area contributed by atoms with Crippen LogP contribution < -0.4 is 5.56 Å². The molecule has 158 valence electrons. The maximum absolute atomic E-state index is 13.3. The van der Waals surface area contributed by atoms with Gasteiger partial charge in [0.15, 0.2) is 5.60 Å². The van der Waals surface area contributed by atoms with E-state index in [-0.39, 0.29) is 41.9 Å². The summed E-state index contributed by atoms with van der Waals surface area (Å²) in [4.78, 5) is 41.4. The van der Waals surface area contributed by atoms with Gasteiger partial charge in [0.25, 0.3) is 11.2 Å². The van der Waals surface area contributed by atoms with Crippen LogP contribution in [0.2, 0.25) is 0 Å². The van der Waals surface area contributed by atoms with Gasteiger partial charge in [0, 0.05) is 17.2 Å². The monoisotopic (exact) mass is 421 g/mol.